The molecule has 2 unspecified atom stereocenters. The van der Waals surface area contributed by atoms with Crippen LogP contribution in [0.4, 0.5) is 0 Å². The van der Waals surface area contributed by atoms with Crippen LogP contribution in [0, 0.1) is 5.92 Å². The van der Waals surface area contributed by atoms with Gasteiger partial charge in [-0.15, -0.1) is 0 Å². The highest BCUT2D eigenvalue weighted by Crippen LogP contribution is 2.29. The zero-order chi connectivity index (χ0) is 13.0. The van der Waals surface area contributed by atoms with Gasteiger partial charge in [-0.2, -0.15) is 0 Å². The minimum atomic E-state index is 0.101. The lowest BCUT2D eigenvalue weighted by Crippen LogP contribution is -2.43. The Hall–Kier alpha value is -1.06. The largest absolute Gasteiger partial charge is 0.496 e. The minimum absolute atomic E-state index is 0.101. The van der Waals surface area contributed by atoms with Crippen molar-refractivity contribution in [2.45, 2.75) is 32.4 Å². The molecule has 1 heterocycles. The number of methoxy groups -OCH3 is 1. The molecule has 2 rings (SSSR count). The third-order valence-electron chi connectivity index (χ3n) is 3.33. The molecule has 0 aliphatic carbocycles. The van der Waals surface area contributed by atoms with E-state index >= 15 is 0 Å². The molecule has 0 spiro atoms. The first-order valence-corrected chi connectivity index (χ1v) is 6.68. The number of nitrogens with one attached hydrogen (secondary N) is 1. The number of morpholine rings is 1. The van der Waals surface area contributed by atoms with Crippen LogP contribution in [0.25, 0.3) is 0 Å². The number of rotatable bonds is 4. The van der Waals surface area contributed by atoms with Gasteiger partial charge < -0.3 is 14.8 Å². The van der Waals surface area contributed by atoms with E-state index in [1.165, 1.54) is 6.42 Å². The third kappa shape index (κ3) is 3.24. The fourth-order valence-electron chi connectivity index (χ4n) is 2.48. The van der Waals surface area contributed by atoms with Crippen molar-refractivity contribution in [3.8, 4) is 5.75 Å². The first-order chi connectivity index (χ1) is 8.70. The Balaban J connectivity index is 1.97. The number of hydrogen-bond acceptors (Lipinski definition) is 3. The summed E-state index contributed by atoms with van der Waals surface area (Å²) in [6.07, 6.45) is 1.27. The molecule has 0 aromatic heterocycles. The highest BCUT2D eigenvalue weighted by molar-refractivity contribution is 5.35. The van der Waals surface area contributed by atoms with Gasteiger partial charge in [0.05, 0.1) is 19.8 Å². The van der Waals surface area contributed by atoms with Gasteiger partial charge in [-0.3, -0.25) is 0 Å². The van der Waals surface area contributed by atoms with E-state index in [1.54, 1.807) is 7.11 Å². The molecule has 1 N–H and O–H groups in total. The molecule has 0 saturated carbocycles. The van der Waals surface area contributed by atoms with Crippen molar-refractivity contribution < 1.29 is 9.47 Å². The maximum absolute atomic E-state index is 5.98. The van der Waals surface area contributed by atoms with E-state index in [-0.39, 0.29) is 6.10 Å². The lowest BCUT2D eigenvalue weighted by atomic mass is 10.0. The van der Waals surface area contributed by atoms with Crippen molar-refractivity contribution in [3.63, 3.8) is 0 Å². The van der Waals surface area contributed by atoms with Crippen molar-refractivity contribution in [1.29, 1.82) is 0 Å². The van der Waals surface area contributed by atoms with Gasteiger partial charge in [0.15, 0.2) is 0 Å². The van der Waals surface area contributed by atoms with Gasteiger partial charge in [0.1, 0.15) is 5.75 Å². The zero-order valence-corrected chi connectivity index (χ0v) is 11.5. The summed E-state index contributed by atoms with van der Waals surface area (Å²) >= 11 is 0. The molecule has 0 radical (unpaired) electrons. The summed E-state index contributed by atoms with van der Waals surface area (Å²) in [6.45, 7) is 6.13. The number of ether oxygens (including phenoxy) is 2. The maximum atomic E-state index is 5.98. The average molecular weight is 249 g/mol. The highest BCUT2D eigenvalue weighted by atomic mass is 16.5. The Kier molecular flexibility index (Phi) is 4.61. The predicted molar refractivity (Wildman–Crippen MR) is 72.9 cm³/mol. The average Bonchev–Trinajstić information content (AvgIpc) is 2.39. The van der Waals surface area contributed by atoms with E-state index in [9.17, 15) is 0 Å². The number of benzene rings is 1. The summed E-state index contributed by atoms with van der Waals surface area (Å²) < 4.78 is 11.4. The summed E-state index contributed by atoms with van der Waals surface area (Å²) in [5.41, 5.74) is 1.13. The normalized spacial score (nSPS) is 24.2. The van der Waals surface area contributed by atoms with E-state index < -0.39 is 0 Å². The van der Waals surface area contributed by atoms with Crippen LogP contribution in [0.1, 0.15) is 31.9 Å². The molecule has 1 aliphatic heterocycles. The molecule has 1 aliphatic rings. The van der Waals surface area contributed by atoms with Crippen LogP contribution in [0.15, 0.2) is 24.3 Å². The molecule has 2 atom stereocenters. The molecule has 1 aromatic carbocycles. The smallest absolute Gasteiger partial charge is 0.124 e. The zero-order valence-electron chi connectivity index (χ0n) is 11.5. The van der Waals surface area contributed by atoms with E-state index in [1.807, 2.05) is 18.2 Å². The summed E-state index contributed by atoms with van der Waals surface area (Å²) in [6, 6.07) is 8.56. The standard InChI is InChI=1S/C15H23NO2/c1-11(2)8-12-10-18-15(9-16-12)13-6-4-5-7-14(13)17-3/h4-7,11-12,15-16H,8-10H2,1-3H3. The molecule has 3 nitrogen and oxygen atoms in total. The van der Waals surface area contributed by atoms with Crippen LogP contribution in [0.5, 0.6) is 5.75 Å². The second kappa shape index (κ2) is 6.21. The third-order valence-corrected chi connectivity index (χ3v) is 3.33. The minimum Gasteiger partial charge on any atom is -0.496 e. The molecular weight excluding hydrogens is 226 g/mol. The molecule has 100 valence electrons. The molecule has 1 saturated heterocycles. The Labute approximate surface area is 109 Å². The van der Waals surface area contributed by atoms with Gasteiger partial charge in [-0.25, -0.2) is 0 Å². The summed E-state index contributed by atoms with van der Waals surface area (Å²) in [4.78, 5) is 0. The SMILES string of the molecule is COc1ccccc1C1CNC(CC(C)C)CO1. The molecule has 3 heteroatoms. The predicted octanol–water partition coefficient (Wildman–Crippen LogP) is 2.77. The van der Waals surface area contributed by atoms with Gasteiger partial charge >= 0.3 is 0 Å². The fraction of sp³-hybridized carbons (Fsp3) is 0.600. The first kappa shape index (κ1) is 13.4. The first-order valence-electron chi connectivity index (χ1n) is 6.68. The summed E-state index contributed by atoms with van der Waals surface area (Å²) in [5.74, 6) is 1.61. The van der Waals surface area contributed by atoms with Crippen molar-refractivity contribution in [1.82, 2.24) is 5.32 Å². The highest BCUT2D eigenvalue weighted by Gasteiger charge is 2.24. The van der Waals surface area contributed by atoms with Crippen molar-refractivity contribution >= 4 is 0 Å². The van der Waals surface area contributed by atoms with Gasteiger partial charge in [0, 0.05) is 18.2 Å². The molecule has 0 amide bonds. The topological polar surface area (TPSA) is 30.5 Å². The van der Waals surface area contributed by atoms with Crippen molar-refractivity contribution in [3.05, 3.63) is 29.8 Å². The van der Waals surface area contributed by atoms with Gasteiger partial charge in [-0.05, 0) is 18.4 Å². The summed E-state index contributed by atoms with van der Waals surface area (Å²) in [5, 5.41) is 3.57. The fourth-order valence-corrected chi connectivity index (χ4v) is 2.48. The monoisotopic (exact) mass is 249 g/mol. The van der Waals surface area contributed by atoms with E-state index in [0.29, 0.717) is 12.0 Å². The quantitative estimate of drug-likeness (QED) is 0.890. The number of hydrogen-bond donors (Lipinski definition) is 1. The molecule has 1 aromatic rings. The van der Waals surface area contributed by atoms with Crippen LogP contribution in [0.3, 0.4) is 0 Å². The lowest BCUT2D eigenvalue weighted by Gasteiger charge is -2.32. The van der Waals surface area contributed by atoms with E-state index in [4.69, 9.17) is 9.47 Å². The summed E-state index contributed by atoms with van der Waals surface area (Å²) in [7, 11) is 1.71. The molecule has 1 fully saturated rings. The van der Waals surface area contributed by atoms with Gasteiger partial charge in [0.2, 0.25) is 0 Å². The maximum Gasteiger partial charge on any atom is 0.124 e. The number of para-hydroxylation sites is 1. The van der Waals surface area contributed by atoms with Crippen LogP contribution < -0.4 is 10.1 Å². The Morgan fingerprint density at radius 2 is 2.17 bits per heavy atom. The van der Waals surface area contributed by atoms with E-state index in [2.05, 4.69) is 25.2 Å². The Morgan fingerprint density at radius 3 is 2.78 bits per heavy atom. The van der Waals surface area contributed by atoms with Gasteiger partial charge in [-0.1, -0.05) is 32.0 Å². The van der Waals surface area contributed by atoms with Crippen molar-refractivity contribution in [2.24, 2.45) is 5.92 Å². The van der Waals surface area contributed by atoms with Crippen LogP contribution in [0.2, 0.25) is 0 Å². The van der Waals surface area contributed by atoms with Gasteiger partial charge in [0.25, 0.3) is 0 Å². The molecule has 0 bridgehead atoms. The molecule has 18 heavy (non-hydrogen) atoms. The Morgan fingerprint density at radius 1 is 1.39 bits per heavy atom. The van der Waals surface area contributed by atoms with Crippen molar-refractivity contribution in [2.75, 3.05) is 20.3 Å². The van der Waals surface area contributed by atoms with E-state index in [0.717, 1.165) is 24.5 Å². The lowest BCUT2D eigenvalue weighted by molar-refractivity contribution is -0.00243. The van der Waals surface area contributed by atoms with Crippen LogP contribution >= 0.6 is 0 Å². The second-order valence-corrected chi connectivity index (χ2v) is 5.30. The Bertz CT molecular complexity index is 371. The molecular formula is C15H23NO2. The second-order valence-electron chi connectivity index (χ2n) is 5.30. The van der Waals surface area contributed by atoms with Crippen LogP contribution in [-0.2, 0) is 4.74 Å². The van der Waals surface area contributed by atoms with Crippen LogP contribution in [-0.4, -0.2) is 26.3 Å².